The third-order valence-electron chi connectivity index (χ3n) is 4.34. The standard InChI is InChI=1S/C15H18N6O2/c1-19(2)15(23)10-5-14(22)21(7-10)12-8-20(9-12)13-4-3-11(6-16)17-18-13/h3-4,10,12H,5,7-9H2,1-2H3. The second-order valence-corrected chi connectivity index (χ2v) is 6.13. The summed E-state index contributed by atoms with van der Waals surface area (Å²) in [5, 5.41) is 16.5. The largest absolute Gasteiger partial charge is 0.351 e. The number of likely N-dealkylation sites (tertiary alicyclic amines) is 1. The maximum atomic E-state index is 12.1. The minimum Gasteiger partial charge on any atom is -0.351 e. The molecule has 2 fully saturated rings. The molecule has 1 aromatic rings. The van der Waals surface area contributed by atoms with Crippen molar-refractivity contribution in [2.45, 2.75) is 12.5 Å². The highest BCUT2D eigenvalue weighted by Crippen LogP contribution is 2.27. The summed E-state index contributed by atoms with van der Waals surface area (Å²) in [5.74, 6) is 0.518. The number of hydrogen-bond acceptors (Lipinski definition) is 6. The molecule has 120 valence electrons. The Morgan fingerprint density at radius 3 is 2.61 bits per heavy atom. The molecule has 0 bridgehead atoms. The molecule has 0 N–H and O–H groups in total. The predicted molar refractivity (Wildman–Crippen MR) is 81.3 cm³/mol. The van der Waals surface area contributed by atoms with Crippen molar-refractivity contribution in [2.24, 2.45) is 5.92 Å². The van der Waals surface area contributed by atoms with Gasteiger partial charge in [-0.05, 0) is 12.1 Å². The van der Waals surface area contributed by atoms with Crippen molar-refractivity contribution in [2.75, 3.05) is 38.6 Å². The van der Waals surface area contributed by atoms with Crippen LogP contribution in [0.2, 0.25) is 0 Å². The quantitative estimate of drug-likeness (QED) is 0.745. The first-order valence-corrected chi connectivity index (χ1v) is 7.49. The number of carbonyl (C=O) groups excluding carboxylic acids is 2. The predicted octanol–water partition coefficient (Wildman–Crippen LogP) is -0.526. The molecule has 0 spiro atoms. The molecule has 8 nitrogen and oxygen atoms in total. The SMILES string of the molecule is CN(C)C(=O)C1CC(=O)N(C2CN(c3ccc(C#N)nn3)C2)C1. The normalized spacial score (nSPS) is 21.1. The van der Waals surface area contributed by atoms with Crippen molar-refractivity contribution in [3.8, 4) is 6.07 Å². The van der Waals surface area contributed by atoms with Crippen LogP contribution in [0.25, 0.3) is 0 Å². The van der Waals surface area contributed by atoms with Crippen molar-refractivity contribution in [3.05, 3.63) is 17.8 Å². The zero-order valence-electron chi connectivity index (χ0n) is 13.1. The molecule has 2 aliphatic rings. The molecule has 2 aliphatic heterocycles. The van der Waals surface area contributed by atoms with Gasteiger partial charge >= 0.3 is 0 Å². The van der Waals surface area contributed by atoms with Crippen molar-refractivity contribution in [1.29, 1.82) is 5.26 Å². The Morgan fingerprint density at radius 1 is 1.30 bits per heavy atom. The fourth-order valence-electron chi connectivity index (χ4n) is 3.01. The number of aromatic nitrogens is 2. The molecule has 23 heavy (non-hydrogen) atoms. The molecule has 1 atom stereocenters. The number of rotatable bonds is 3. The van der Waals surface area contributed by atoms with Crippen LogP contribution in [0.3, 0.4) is 0 Å². The maximum Gasteiger partial charge on any atom is 0.227 e. The van der Waals surface area contributed by atoms with Gasteiger partial charge in [0.05, 0.1) is 12.0 Å². The number of anilines is 1. The number of nitriles is 1. The van der Waals surface area contributed by atoms with E-state index in [0.717, 1.165) is 0 Å². The van der Waals surface area contributed by atoms with E-state index in [9.17, 15) is 9.59 Å². The van der Waals surface area contributed by atoms with Crippen LogP contribution < -0.4 is 4.90 Å². The Bertz CT molecular complexity index is 660. The van der Waals surface area contributed by atoms with Crippen molar-refractivity contribution in [1.82, 2.24) is 20.0 Å². The summed E-state index contributed by atoms with van der Waals surface area (Å²) < 4.78 is 0. The van der Waals surface area contributed by atoms with Crippen LogP contribution in [0.4, 0.5) is 5.82 Å². The fraction of sp³-hybridized carbons (Fsp3) is 0.533. The van der Waals surface area contributed by atoms with Gasteiger partial charge in [0.15, 0.2) is 11.5 Å². The second kappa shape index (κ2) is 5.83. The fourth-order valence-corrected chi connectivity index (χ4v) is 3.01. The third kappa shape index (κ3) is 2.82. The van der Waals surface area contributed by atoms with E-state index < -0.39 is 0 Å². The lowest BCUT2D eigenvalue weighted by molar-refractivity contribution is -0.133. The van der Waals surface area contributed by atoms with Crippen molar-refractivity contribution < 1.29 is 9.59 Å². The zero-order valence-corrected chi connectivity index (χ0v) is 13.1. The molecule has 0 aromatic carbocycles. The monoisotopic (exact) mass is 314 g/mol. The van der Waals surface area contributed by atoms with Crippen LogP contribution in [-0.4, -0.2) is 71.6 Å². The second-order valence-electron chi connectivity index (χ2n) is 6.13. The molecule has 2 saturated heterocycles. The summed E-state index contributed by atoms with van der Waals surface area (Å²) in [7, 11) is 3.42. The van der Waals surface area contributed by atoms with Gasteiger partial charge in [-0.3, -0.25) is 9.59 Å². The molecule has 2 amide bonds. The maximum absolute atomic E-state index is 12.1. The van der Waals surface area contributed by atoms with E-state index in [1.54, 1.807) is 36.0 Å². The van der Waals surface area contributed by atoms with E-state index in [4.69, 9.17) is 5.26 Å². The third-order valence-corrected chi connectivity index (χ3v) is 4.34. The Hall–Kier alpha value is -2.69. The highest BCUT2D eigenvalue weighted by atomic mass is 16.2. The Morgan fingerprint density at radius 2 is 2.04 bits per heavy atom. The lowest BCUT2D eigenvalue weighted by Crippen LogP contribution is -2.60. The minimum absolute atomic E-state index is 0.00925. The summed E-state index contributed by atoms with van der Waals surface area (Å²) in [5.41, 5.74) is 0.283. The summed E-state index contributed by atoms with van der Waals surface area (Å²) >= 11 is 0. The smallest absolute Gasteiger partial charge is 0.227 e. The van der Waals surface area contributed by atoms with Gasteiger partial charge in [-0.15, -0.1) is 10.2 Å². The molecule has 0 aliphatic carbocycles. The summed E-state index contributed by atoms with van der Waals surface area (Å²) in [4.78, 5) is 29.5. The number of nitrogens with zero attached hydrogens (tertiary/aromatic N) is 6. The Labute approximate surface area is 134 Å². The molecule has 0 radical (unpaired) electrons. The van der Waals surface area contributed by atoms with Crippen LogP contribution in [0.15, 0.2) is 12.1 Å². The summed E-state index contributed by atoms with van der Waals surface area (Å²) in [6, 6.07) is 5.43. The van der Waals surface area contributed by atoms with Gasteiger partial charge in [0.2, 0.25) is 11.8 Å². The van der Waals surface area contributed by atoms with E-state index in [1.807, 2.05) is 11.0 Å². The molecule has 0 saturated carbocycles. The van der Waals surface area contributed by atoms with Crippen LogP contribution in [0.5, 0.6) is 0 Å². The highest BCUT2D eigenvalue weighted by molar-refractivity contribution is 5.89. The summed E-state index contributed by atoms with van der Waals surface area (Å²) in [6.45, 7) is 1.85. The molecule has 1 unspecified atom stereocenters. The molecule has 3 heterocycles. The van der Waals surface area contributed by atoms with E-state index in [2.05, 4.69) is 10.2 Å². The Balaban J connectivity index is 1.58. The zero-order chi connectivity index (χ0) is 16.6. The van der Waals surface area contributed by atoms with Crippen LogP contribution >= 0.6 is 0 Å². The minimum atomic E-state index is -0.235. The van der Waals surface area contributed by atoms with Crippen molar-refractivity contribution >= 4 is 17.6 Å². The molecular weight excluding hydrogens is 296 g/mol. The Kier molecular flexibility index (Phi) is 3.86. The molecule has 8 heteroatoms. The lowest BCUT2D eigenvalue weighted by Gasteiger charge is -2.44. The van der Waals surface area contributed by atoms with Crippen LogP contribution in [-0.2, 0) is 9.59 Å². The van der Waals surface area contributed by atoms with Gasteiger partial charge in [-0.1, -0.05) is 0 Å². The van der Waals surface area contributed by atoms with E-state index in [0.29, 0.717) is 31.9 Å². The molecule has 1 aromatic heterocycles. The number of carbonyl (C=O) groups is 2. The molecule has 3 rings (SSSR count). The molecular formula is C15H18N6O2. The van der Waals surface area contributed by atoms with Crippen molar-refractivity contribution in [3.63, 3.8) is 0 Å². The topological polar surface area (TPSA) is 93.4 Å². The number of hydrogen-bond donors (Lipinski definition) is 0. The first-order chi connectivity index (χ1) is 11.0. The van der Waals surface area contributed by atoms with Crippen LogP contribution in [0.1, 0.15) is 12.1 Å². The van der Waals surface area contributed by atoms with E-state index in [-0.39, 0.29) is 29.5 Å². The van der Waals surface area contributed by atoms with Gasteiger partial charge in [-0.25, -0.2) is 0 Å². The lowest BCUT2D eigenvalue weighted by atomic mass is 10.1. The van der Waals surface area contributed by atoms with Crippen LogP contribution in [0, 0.1) is 17.2 Å². The average Bonchev–Trinajstić information content (AvgIpc) is 2.87. The van der Waals surface area contributed by atoms with Gasteiger partial charge in [0.1, 0.15) is 6.07 Å². The van der Waals surface area contributed by atoms with E-state index in [1.165, 1.54) is 0 Å². The average molecular weight is 314 g/mol. The van der Waals surface area contributed by atoms with E-state index >= 15 is 0 Å². The van der Waals surface area contributed by atoms with Gasteiger partial charge in [0, 0.05) is 40.2 Å². The van der Waals surface area contributed by atoms with Gasteiger partial charge < -0.3 is 14.7 Å². The van der Waals surface area contributed by atoms with Gasteiger partial charge in [0.25, 0.3) is 0 Å². The first kappa shape index (κ1) is 15.2. The van der Waals surface area contributed by atoms with Gasteiger partial charge in [-0.2, -0.15) is 5.26 Å². The number of amides is 2. The highest BCUT2D eigenvalue weighted by Gasteiger charge is 2.42. The summed E-state index contributed by atoms with van der Waals surface area (Å²) in [6.07, 6.45) is 0.296. The first-order valence-electron chi connectivity index (χ1n) is 7.49.